The number of imidazole rings is 1. The molecular weight excluding hydrogens is 436 g/mol. The molecule has 0 bridgehead atoms. The average molecular weight is 463 g/mol. The van der Waals surface area contributed by atoms with E-state index >= 15 is 0 Å². The normalized spacial score (nSPS) is 16.6. The Hall–Kier alpha value is -1.97. The summed E-state index contributed by atoms with van der Waals surface area (Å²) < 4.78 is 35.9. The maximum Gasteiger partial charge on any atom is 0.241 e. The molecule has 4 rings (SSSR count). The minimum absolute atomic E-state index is 0.177. The van der Waals surface area contributed by atoms with Crippen molar-refractivity contribution in [3.8, 4) is 0 Å². The lowest BCUT2D eigenvalue weighted by molar-refractivity contribution is 0.0342. The van der Waals surface area contributed by atoms with Crippen LogP contribution in [0, 0.1) is 0 Å². The molecule has 0 aliphatic carbocycles. The highest BCUT2D eigenvalue weighted by molar-refractivity contribution is 7.89. The number of aromatic nitrogens is 2. The van der Waals surface area contributed by atoms with Gasteiger partial charge in [0.1, 0.15) is 5.82 Å². The second-order valence-electron chi connectivity index (χ2n) is 7.72. The molecule has 0 unspecified atom stereocenters. The predicted octanol–water partition coefficient (Wildman–Crippen LogP) is 3.58. The van der Waals surface area contributed by atoms with Gasteiger partial charge in [0, 0.05) is 31.2 Å². The molecule has 0 amide bonds. The van der Waals surface area contributed by atoms with Crippen LogP contribution >= 0.6 is 11.6 Å². The van der Waals surface area contributed by atoms with Crippen LogP contribution in [-0.4, -0.2) is 49.2 Å². The van der Waals surface area contributed by atoms with Crippen molar-refractivity contribution in [3.05, 3.63) is 58.9 Å². The molecule has 31 heavy (non-hydrogen) atoms. The molecule has 1 aromatic heterocycles. The largest absolute Gasteiger partial charge is 0.379 e. The Morgan fingerprint density at radius 3 is 2.55 bits per heavy atom. The van der Waals surface area contributed by atoms with Crippen LogP contribution in [0.25, 0.3) is 11.0 Å². The highest BCUT2D eigenvalue weighted by atomic mass is 35.5. The summed E-state index contributed by atoms with van der Waals surface area (Å²) >= 11 is 5.88. The number of ether oxygens (including phenoxy) is 1. The number of benzene rings is 2. The summed E-state index contributed by atoms with van der Waals surface area (Å²) in [6.07, 6.45) is 0. The van der Waals surface area contributed by atoms with Gasteiger partial charge < -0.3 is 9.30 Å². The van der Waals surface area contributed by atoms with Crippen molar-refractivity contribution in [1.82, 2.24) is 19.2 Å². The number of nitrogens with zero attached hydrogens (tertiary/aromatic N) is 3. The van der Waals surface area contributed by atoms with Gasteiger partial charge in [-0.15, -0.1) is 0 Å². The number of sulfonamides is 1. The first-order valence-corrected chi connectivity index (χ1v) is 12.3. The molecule has 0 spiro atoms. The Balaban J connectivity index is 1.59. The van der Waals surface area contributed by atoms with Crippen molar-refractivity contribution in [3.63, 3.8) is 0 Å². The minimum Gasteiger partial charge on any atom is -0.379 e. The lowest BCUT2D eigenvalue weighted by atomic mass is 10.2. The smallest absolute Gasteiger partial charge is 0.241 e. The highest BCUT2D eigenvalue weighted by Crippen LogP contribution is 2.24. The van der Waals surface area contributed by atoms with Crippen molar-refractivity contribution in [1.29, 1.82) is 0 Å². The number of hydrogen-bond donors (Lipinski definition) is 1. The molecule has 1 saturated heterocycles. The highest BCUT2D eigenvalue weighted by Gasteiger charge is 2.23. The Bertz CT molecular complexity index is 1160. The van der Waals surface area contributed by atoms with Gasteiger partial charge in [0.25, 0.3) is 0 Å². The van der Waals surface area contributed by atoms with E-state index in [1.54, 1.807) is 12.1 Å². The summed E-state index contributed by atoms with van der Waals surface area (Å²) in [5.74, 6) is 0.693. The van der Waals surface area contributed by atoms with Crippen LogP contribution in [-0.2, 0) is 27.8 Å². The van der Waals surface area contributed by atoms with E-state index in [1.165, 1.54) is 17.7 Å². The third kappa shape index (κ3) is 4.94. The van der Waals surface area contributed by atoms with Crippen LogP contribution < -0.4 is 4.72 Å². The van der Waals surface area contributed by atoms with Gasteiger partial charge in [-0.3, -0.25) is 4.90 Å². The summed E-state index contributed by atoms with van der Waals surface area (Å²) in [5, 5.41) is 0.493. The summed E-state index contributed by atoms with van der Waals surface area (Å²) in [6, 6.07) is 11.9. The van der Waals surface area contributed by atoms with E-state index < -0.39 is 16.1 Å². The van der Waals surface area contributed by atoms with E-state index in [0.717, 1.165) is 43.9 Å². The lowest BCUT2D eigenvalue weighted by Gasteiger charge is -2.26. The maximum atomic E-state index is 12.8. The third-order valence-corrected chi connectivity index (χ3v) is 7.32. The molecule has 1 N–H and O–H groups in total. The molecule has 7 nitrogen and oxygen atoms in total. The lowest BCUT2D eigenvalue weighted by Crippen LogP contribution is -2.35. The third-order valence-electron chi connectivity index (χ3n) is 5.51. The quantitative estimate of drug-likeness (QED) is 0.580. The SMILES string of the molecule is CCn1c([C@@H](C)NS(=O)(=O)c2ccc(Cl)cc2)nc2ccc(CN3CCOCC3)cc21. The first-order chi connectivity index (χ1) is 14.9. The molecule has 1 aliphatic heterocycles. The van der Waals surface area contributed by atoms with Crippen LogP contribution in [0.4, 0.5) is 0 Å². The van der Waals surface area contributed by atoms with Gasteiger partial charge in [-0.1, -0.05) is 17.7 Å². The van der Waals surface area contributed by atoms with E-state index in [2.05, 4.69) is 26.3 Å². The predicted molar refractivity (Wildman–Crippen MR) is 122 cm³/mol. The summed E-state index contributed by atoms with van der Waals surface area (Å²) in [6.45, 7) is 8.81. The fraction of sp³-hybridized carbons (Fsp3) is 0.409. The molecule has 0 radical (unpaired) electrons. The zero-order chi connectivity index (χ0) is 22.0. The van der Waals surface area contributed by atoms with Gasteiger partial charge in [-0.05, 0) is 55.8 Å². The molecule has 166 valence electrons. The summed E-state index contributed by atoms with van der Waals surface area (Å²) in [5.41, 5.74) is 3.09. The number of aryl methyl sites for hydroxylation is 1. The standard InChI is InChI=1S/C22H27ClN4O3S/c1-3-27-21-14-17(15-26-10-12-30-13-11-26)4-9-20(21)24-22(27)16(2)25-31(28,29)19-7-5-18(23)6-8-19/h4-9,14,16,25H,3,10-13,15H2,1-2H3/t16-/m1/s1. The zero-order valence-electron chi connectivity index (χ0n) is 17.7. The number of rotatable bonds is 7. The number of hydrogen-bond acceptors (Lipinski definition) is 5. The maximum absolute atomic E-state index is 12.8. The molecule has 2 aromatic carbocycles. The van der Waals surface area contributed by atoms with Crippen LogP contribution in [0.1, 0.15) is 31.3 Å². The van der Waals surface area contributed by atoms with Crippen molar-refractivity contribution in [2.45, 2.75) is 37.9 Å². The monoisotopic (exact) mass is 462 g/mol. The first kappa shape index (κ1) is 22.2. The van der Waals surface area contributed by atoms with Gasteiger partial charge in [-0.2, -0.15) is 0 Å². The zero-order valence-corrected chi connectivity index (χ0v) is 19.3. The van der Waals surface area contributed by atoms with Gasteiger partial charge in [-0.25, -0.2) is 18.1 Å². The molecule has 1 aliphatic rings. The Kier molecular flexibility index (Phi) is 6.64. The average Bonchev–Trinajstić information content (AvgIpc) is 3.12. The first-order valence-electron chi connectivity index (χ1n) is 10.4. The van der Waals surface area contributed by atoms with Gasteiger partial charge >= 0.3 is 0 Å². The molecule has 3 aromatic rings. The van der Waals surface area contributed by atoms with Gasteiger partial charge in [0.2, 0.25) is 10.0 Å². The fourth-order valence-corrected chi connectivity index (χ4v) is 5.26. The number of morpholine rings is 1. The van der Waals surface area contributed by atoms with E-state index in [-0.39, 0.29) is 4.90 Å². The molecule has 9 heteroatoms. The van der Waals surface area contributed by atoms with Crippen LogP contribution in [0.3, 0.4) is 0 Å². The second-order valence-corrected chi connectivity index (χ2v) is 9.87. The molecule has 1 fully saturated rings. The Morgan fingerprint density at radius 2 is 1.87 bits per heavy atom. The fourth-order valence-electron chi connectivity index (χ4n) is 3.93. The van der Waals surface area contributed by atoms with Crippen molar-refractivity contribution in [2.75, 3.05) is 26.3 Å². The van der Waals surface area contributed by atoms with E-state index in [9.17, 15) is 8.42 Å². The number of fused-ring (bicyclic) bond motifs is 1. The summed E-state index contributed by atoms with van der Waals surface area (Å²) in [4.78, 5) is 7.30. The number of halogens is 1. The second kappa shape index (κ2) is 9.26. The molecule has 1 atom stereocenters. The van der Waals surface area contributed by atoms with Crippen molar-refractivity contribution in [2.24, 2.45) is 0 Å². The Morgan fingerprint density at radius 1 is 1.16 bits per heavy atom. The summed E-state index contributed by atoms with van der Waals surface area (Å²) in [7, 11) is -3.69. The van der Waals surface area contributed by atoms with E-state index in [4.69, 9.17) is 21.3 Å². The van der Waals surface area contributed by atoms with Gasteiger partial charge in [0.15, 0.2) is 0 Å². The van der Waals surface area contributed by atoms with E-state index in [0.29, 0.717) is 17.4 Å². The molecular formula is C22H27ClN4O3S. The van der Waals surface area contributed by atoms with Crippen molar-refractivity contribution >= 4 is 32.7 Å². The van der Waals surface area contributed by atoms with E-state index in [1.807, 2.05) is 19.9 Å². The minimum atomic E-state index is -3.69. The molecule has 2 heterocycles. The van der Waals surface area contributed by atoms with Crippen LogP contribution in [0.15, 0.2) is 47.4 Å². The Labute approximate surface area is 188 Å². The van der Waals surface area contributed by atoms with Gasteiger partial charge in [0.05, 0.1) is 35.2 Å². The topological polar surface area (TPSA) is 76.5 Å². The van der Waals surface area contributed by atoms with Crippen LogP contribution in [0.2, 0.25) is 5.02 Å². The van der Waals surface area contributed by atoms with Crippen molar-refractivity contribution < 1.29 is 13.2 Å². The van der Waals surface area contributed by atoms with Crippen LogP contribution in [0.5, 0.6) is 0 Å². The molecule has 0 saturated carbocycles. The number of nitrogens with one attached hydrogen (secondary N) is 1.